The smallest absolute Gasteiger partial charge is 0.408 e. The molecule has 2 saturated carbocycles. The van der Waals surface area contributed by atoms with Gasteiger partial charge in [0.1, 0.15) is 35.1 Å². The molecule has 276 valence electrons. The van der Waals surface area contributed by atoms with Crippen LogP contribution in [0.5, 0.6) is 11.6 Å². The van der Waals surface area contributed by atoms with E-state index < -0.39 is 74.3 Å². The number of fused-ring (bicyclic) bond motifs is 3. The van der Waals surface area contributed by atoms with Crippen LogP contribution in [0.1, 0.15) is 78.6 Å². The second-order valence-corrected chi connectivity index (χ2v) is 16.9. The molecule has 5 atom stereocenters. The average Bonchev–Trinajstić information content (AvgIpc) is 3.99. The summed E-state index contributed by atoms with van der Waals surface area (Å²) in [6.07, 6.45) is 8.41. The molecule has 0 radical (unpaired) electrons. The Balaban J connectivity index is 1.30. The molecule has 3 fully saturated rings. The van der Waals surface area contributed by atoms with Gasteiger partial charge in [-0.05, 0) is 88.9 Å². The minimum atomic E-state index is -3.88. The quantitative estimate of drug-likeness (QED) is 0.358. The van der Waals surface area contributed by atoms with Crippen LogP contribution >= 0.6 is 0 Å². The van der Waals surface area contributed by atoms with Crippen LogP contribution in [0.3, 0.4) is 0 Å². The molecule has 3 heterocycles. The number of sulfonamides is 1. The summed E-state index contributed by atoms with van der Waals surface area (Å²) >= 11 is 0. The maximum atomic E-state index is 14.4. The van der Waals surface area contributed by atoms with Crippen LogP contribution in [0, 0.1) is 5.92 Å². The maximum Gasteiger partial charge on any atom is 0.408 e. The summed E-state index contributed by atoms with van der Waals surface area (Å²) in [6, 6.07) is 5.19. The number of ether oxygens (including phenoxy) is 3. The van der Waals surface area contributed by atoms with E-state index in [1.807, 2.05) is 30.4 Å². The van der Waals surface area contributed by atoms with Gasteiger partial charge in [-0.1, -0.05) is 25.0 Å². The van der Waals surface area contributed by atoms with Crippen LogP contribution < -0.4 is 24.8 Å². The van der Waals surface area contributed by atoms with Crippen molar-refractivity contribution in [1.82, 2.24) is 25.2 Å². The molecule has 4 amide bonds. The highest BCUT2D eigenvalue weighted by Crippen LogP contribution is 2.46. The summed E-state index contributed by atoms with van der Waals surface area (Å²) in [6.45, 7) is 5.18. The molecule has 0 bridgehead atoms. The minimum Gasteiger partial charge on any atom is -0.497 e. The molecule has 5 unspecified atom stereocenters. The largest absolute Gasteiger partial charge is 0.497 e. The van der Waals surface area contributed by atoms with Gasteiger partial charge in [-0.3, -0.25) is 19.1 Å². The van der Waals surface area contributed by atoms with Crippen LogP contribution in [-0.2, 0) is 29.1 Å². The van der Waals surface area contributed by atoms with Crippen molar-refractivity contribution in [3.63, 3.8) is 0 Å². The molecule has 14 nitrogen and oxygen atoms in total. The maximum absolute atomic E-state index is 14.4. The number of rotatable bonds is 7. The lowest BCUT2D eigenvalue weighted by atomic mass is 10.0. The van der Waals surface area contributed by atoms with E-state index in [0.29, 0.717) is 49.1 Å². The second kappa shape index (κ2) is 14.3. The molecule has 4 aliphatic rings. The highest BCUT2D eigenvalue weighted by molar-refractivity contribution is 7.91. The molecule has 2 aliphatic heterocycles. The monoisotopic (exact) mass is 725 g/mol. The van der Waals surface area contributed by atoms with Gasteiger partial charge in [0.05, 0.1) is 18.9 Å². The zero-order valence-corrected chi connectivity index (χ0v) is 30.3. The van der Waals surface area contributed by atoms with E-state index in [-0.39, 0.29) is 19.4 Å². The van der Waals surface area contributed by atoms with Crippen molar-refractivity contribution >= 4 is 44.6 Å². The second-order valence-electron chi connectivity index (χ2n) is 14.9. The number of pyridine rings is 1. The lowest BCUT2D eigenvalue weighted by molar-refractivity contribution is -0.141. The van der Waals surface area contributed by atoms with Crippen molar-refractivity contribution in [3.8, 4) is 11.6 Å². The van der Waals surface area contributed by atoms with Gasteiger partial charge in [-0.2, -0.15) is 0 Å². The fraction of sp³-hybridized carbons (Fsp3) is 0.583. The zero-order valence-electron chi connectivity index (χ0n) is 29.5. The molecule has 6 rings (SSSR count). The van der Waals surface area contributed by atoms with E-state index in [0.717, 1.165) is 18.2 Å². The summed E-state index contributed by atoms with van der Waals surface area (Å²) in [4.78, 5) is 61.1. The average molecular weight is 726 g/mol. The summed E-state index contributed by atoms with van der Waals surface area (Å²) < 4.78 is 45.0. The first-order chi connectivity index (χ1) is 24.2. The summed E-state index contributed by atoms with van der Waals surface area (Å²) in [5.41, 5.74) is -2.29. The van der Waals surface area contributed by atoms with Gasteiger partial charge >= 0.3 is 6.09 Å². The number of hydrogen-bond donors (Lipinski definition) is 3. The number of carbonyl (C=O) groups is 4. The number of hydrogen-bond acceptors (Lipinski definition) is 10. The summed E-state index contributed by atoms with van der Waals surface area (Å²) in [5, 5.41) is 6.51. The van der Waals surface area contributed by atoms with Gasteiger partial charge in [0.25, 0.3) is 5.91 Å². The number of alkyl carbamates (subject to hydrolysis) is 1. The highest BCUT2D eigenvalue weighted by Gasteiger charge is 2.62. The van der Waals surface area contributed by atoms with Crippen molar-refractivity contribution in [2.75, 3.05) is 13.7 Å². The van der Waals surface area contributed by atoms with Crippen molar-refractivity contribution in [1.29, 1.82) is 0 Å². The topological polar surface area (TPSA) is 182 Å². The Hall–Kier alpha value is -4.40. The number of nitrogens with zero attached hydrogens (tertiary/aromatic N) is 2. The number of allylic oxidation sites excluding steroid dienone is 1. The minimum absolute atomic E-state index is 0.00374. The van der Waals surface area contributed by atoms with Crippen molar-refractivity contribution in [2.24, 2.45) is 5.92 Å². The Morgan fingerprint density at radius 3 is 2.59 bits per heavy atom. The first-order valence-electron chi connectivity index (χ1n) is 17.6. The van der Waals surface area contributed by atoms with Gasteiger partial charge < -0.3 is 29.7 Å². The number of aromatic nitrogens is 1. The number of amides is 4. The molecule has 15 heteroatoms. The standard InChI is InChI=1S/C36H47N5O9S/c1-35(2,3)50-34(45)38-28-11-9-7-5-6-8-10-23-20-36(23,33(44)40-51(46,47)26-13-14-26)39-30(42)29-19-25(21-41(29)32(28)43)49-31-27-15-12-24(48-4)18-22(27)16-17-37-31/h8,10,12,15-18,23,25-26,28-29H,5-7,9,11,13-14,19-21H2,1-4H3,(H,38,45)(H,39,42)(H,40,44)/b10-8-. The van der Waals surface area contributed by atoms with Gasteiger partial charge in [-0.25, -0.2) is 18.2 Å². The fourth-order valence-corrected chi connectivity index (χ4v) is 8.17. The predicted molar refractivity (Wildman–Crippen MR) is 187 cm³/mol. The third-order valence-corrected chi connectivity index (χ3v) is 11.6. The molecule has 3 N–H and O–H groups in total. The highest BCUT2D eigenvalue weighted by atomic mass is 32.2. The zero-order chi connectivity index (χ0) is 36.6. The number of benzene rings is 1. The van der Waals surface area contributed by atoms with Crippen LogP contribution in [-0.4, -0.2) is 90.3 Å². The van der Waals surface area contributed by atoms with Crippen LogP contribution in [0.2, 0.25) is 0 Å². The molecular formula is C36H47N5O9S. The Labute approximate surface area is 298 Å². The Morgan fingerprint density at radius 1 is 1.08 bits per heavy atom. The van der Waals surface area contributed by atoms with Crippen LogP contribution in [0.15, 0.2) is 42.6 Å². The van der Waals surface area contributed by atoms with Crippen molar-refractivity contribution in [2.45, 2.75) is 113 Å². The normalized spacial score (nSPS) is 27.9. The molecule has 2 aromatic rings. The van der Waals surface area contributed by atoms with Crippen LogP contribution in [0.25, 0.3) is 10.8 Å². The first kappa shape index (κ1) is 36.4. The third kappa shape index (κ3) is 8.40. The van der Waals surface area contributed by atoms with E-state index in [2.05, 4.69) is 20.3 Å². The fourth-order valence-electron chi connectivity index (χ4n) is 6.80. The Morgan fingerprint density at radius 2 is 1.86 bits per heavy atom. The molecule has 0 spiro atoms. The number of nitrogens with one attached hydrogen (secondary N) is 3. The molecule has 2 aliphatic carbocycles. The first-order valence-corrected chi connectivity index (χ1v) is 19.2. The van der Waals surface area contributed by atoms with E-state index in [1.165, 1.54) is 4.90 Å². The summed E-state index contributed by atoms with van der Waals surface area (Å²) in [5.74, 6) is -1.34. The van der Waals surface area contributed by atoms with E-state index >= 15 is 0 Å². The van der Waals surface area contributed by atoms with Crippen molar-refractivity contribution < 1.29 is 41.8 Å². The van der Waals surface area contributed by atoms with Gasteiger partial charge in [0.2, 0.25) is 27.7 Å². The summed E-state index contributed by atoms with van der Waals surface area (Å²) in [7, 11) is -2.31. The molecule has 1 saturated heterocycles. The van der Waals surface area contributed by atoms with Gasteiger partial charge in [0, 0.05) is 23.9 Å². The van der Waals surface area contributed by atoms with Crippen LogP contribution in [0.4, 0.5) is 4.79 Å². The SMILES string of the molecule is COc1ccc2c(OC3CC4C(=O)NC5(C(=O)NS(=O)(=O)C6CC6)CC5/C=C\CCCCCC(NC(=O)OC(C)(C)C)C(=O)N4C3)nccc2c1. The molecule has 1 aromatic carbocycles. The lowest BCUT2D eigenvalue weighted by Gasteiger charge is -2.30. The van der Waals surface area contributed by atoms with Gasteiger partial charge in [0.15, 0.2) is 0 Å². The lowest BCUT2D eigenvalue weighted by Crippen LogP contribution is -2.58. The Kier molecular flexibility index (Phi) is 10.2. The predicted octanol–water partition coefficient (Wildman–Crippen LogP) is 3.49. The Bertz CT molecular complexity index is 1820. The third-order valence-electron chi connectivity index (χ3n) is 9.75. The molecule has 51 heavy (non-hydrogen) atoms. The number of methoxy groups -OCH3 is 1. The molecular weight excluding hydrogens is 678 g/mol. The van der Waals surface area contributed by atoms with E-state index in [4.69, 9.17) is 14.2 Å². The number of carbonyl (C=O) groups excluding carboxylic acids is 4. The van der Waals surface area contributed by atoms with E-state index in [9.17, 15) is 27.6 Å². The molecule has 1 aromatic heterocycles. The van der Waals surface area contributed by atoms with Crippen molar-refractivity contribution in [3.05, 3.63) is 42.6 Å². The van der Waals surface area contributed by atoms with Gasteiger partial charge in [-0.15, -0.1) is 0 Å². The van der Waals surface area contributed by atoms with E-state index in [1.54, 1.807) is 40.1 Å².